The Hall–Kier alpha value is -1.85. The van der Waals surface area contributed by atoms with Crippen molar-refractivity contribution in [3.63, 3.8) is 0 Å². The van der Waals surface area contributed by atoms with Crippen LogP contribution < -0.4 is 0 Å². The number of aromatic nitrogens is 3. The molecule has 5 heteroatoms. The molecule has 0 radical (unpaired) electrons. The summed E-state index contributed by atoms with van der Waals surface area (Å²) in [6, 6.07) is 4.02. The van der Waals surface area contributed by atoms with E-state index in [-0.39, 0.29) is 0 Å². The number of pyridine rings is 1. The molecule has 0 N–H and O–H groups in total. The third kappa shape index (κ3) is 3.25. The highest BCUT2D eigenvalue weighted by molar-refractivity contribution is 5.63. The Balaban J connectivity index is 1.85. The second-order valence-corrected chi connectivity index (χ2v) is 5.22. The van der Waals surface area contributed by atoms with Crippen molar-refractivity contribution in [3.05, 3.63) is 42.1 Å². The fraction of sp³-hybridized carbons (Fsp3) is 0.438. The second kappa shape index (κ2) is 6.74. The van der Waals surface area contributed by atoms with Crippen LogP contribution in [0.2, 0.25) is 0 Å². The molecule has 0 aliphatic carbocycles. The van der Waals surface area contributed by atoms with E-state index in [9.17, 15) is 0 Å². The van der Waals surface area contributed by atoms with Crippen LogP contribution in [0.4, 0.5) is 0 Å². The number of fused-ring (bicyclic) bond motifs is 1. The molecule has 3 heterocycles. The number of ether oxygens (including phenoxy) is 1. The average Bonchev–Trinajstić information content (AvgIpc) is 2.76. The third-order valence-electron chi connectivity index (χ3n) is 3.94. The Morgan fingerprint density at radius 2 is 1.95 bits per heavy atom. The normalized spacial score (nSPS) is 15.5. The molecule has 2 aromatic rings. The first-order chi connectivity index (χ1) is 10.4. The minimum atomic E-state index is 0.777. The molecular formula is C16H20N4O. The van der Waals surface area contributed by atoms with E-state index in [0.29, 0.717) is 0 Å². The molecule has 0 atom stereocenters. The minimum Gasteiger partial charge on any atom is -0.383 e. The molecule has 1 aliphatic heterocycles. The van der Waals surface area contributed by atoms with E-state index in [2.05, 4.69) is 19.9 Å². The highest BCUT2D eigenvalue weighted by Gasteiger charge is 2.18. The summed E-state index contributed by atoms with van der Waals surface area (Å²) in [6.07, 6.45) is 7.26. The largest absolute Gasteiger partial charge is 0.383 e. The van der Waals surface area contributed by atoms with Gasteiger partial charge in [-0.25, -0.2) is 9.97 Å². The molecule has 0 spiro atoms. The van der Waals surface area contributed by atoms with E-state index in [1.165, 1.54) is 11.3 Å². The minimum absolute atomic E-state index is 0.777. The predicted octanol–water partition coefficient (Wildman–Crippen LogP) is 1.59. The monoisotopic (exact) mass is 284 g/mol. The van der Waals surface area contributed by atoms with Crippen LogP contribution in [-0.2, 0) is 17.6 Å². The molecule has 21 heavy (non-hydrogen) atoms. The summed E-state index contributed by atoms with van der Waals surface area (Å²) < 4.78 is 5.18. The van der Waals surface area contributed by atoms with Crippen LogP contribution in [0.15, 0.2) is 30.9 Å². The molecule has 0 saturated heterocycles. The molecule has 110 valence electrons. The van der Waals surface area contributed by atoms with Gasteiger partial charge in [0, 0.05) is 62.4 Å². The highest BCUT2D eigenvalue weighted by atomic mass is 16.5. The van der Waals surface area contributed by atoms with Gasteiger partial charge in [-0.2, -0.15) is 0 Å². The first-order valence-electron chi connectivity index (χ1n) is 7.33. The van der Waals surface area contributed by atoms with Gasteiger partial charge in [-0.3, -0.25) is 4.98 Å². The van der Waals surface area contributed by atoms with E-state index in [1.54, 1.807) is 13.4 Å². The zero-order valence-corrected chi connectivity index (χ0v) is 12.3. The van der Waals surface area contributed by atoms with E-state index in [1.807, 2.05) is 24.5 Å². The zero-order valence-electron chi connectivity index (χ0n) is 12.3. The van der Waals surface area contributed by atoms with Crippen LogP contribution in [0.5, 0.6) is 0 Å². The molecular weight excluding hydrogens is 264 g/mol. The Morgan fingerprint density at radius 3 is 2.76 bits per heavy atom. The number of hydrogen-bond donors (Lipinski definition) is 0. The predicted molar refractivity (Wildman–Crippen MR) is 81.0 cm³/mol. The fourth-order valence-electron chi connectivity index (χ4n) is 2.78. The zero-order chi connectivity index (χ0) is 14.5. The summed E-state index contributed by atoms with van der Waals surface area (Å²) in [7, 11) is 1.75. The fourth-order valence-corrected chi connectivity index (χ4v) is 2.78. The van der Waals surface area contributed by atoms with Crippen molar-refractivity contribution in [3.8, 4) is 11.3 Å². The van der Waals surface area contributed by atoms with Crippen LogP contribution in [0.1, 0.15) is 11.3 Å². The maximum atomic E-state index is 5.18. The van der Waals surface area contributed by atoms with Crippen molar-refractivity contribution in [1.29, 1.82) is 0 Å². The molecule has 5 nitrogen and oxygen atoms in total. The molecule has 0 bridgehead atoms. The first-order valence-corrected chi connectivity index (χ1v) is 7.33. The summed E-state index contributed by atoms with van der Waals surface area (Å²) in [5, 5.41) is 0. The molecule has 1 aliphatic rings. The quantitative estimate of drug-likeness (QED) is 0.853. The Labute approximate surface area is 125 Å². The van der Waals surface area contributed by atoms with E-state index >= 15 is 0 Å². The lowest BCUT2D eigenvalue weighted by atomic mass is 10.0. The Morgan fingerprint density at radius 1 is 1.14 bits per heavy atom. The Bertz CT molecular complexity index is 588. The standard InChI is InChI=1S/C16H20N4O/c1-21-11-10-20-8-4-14-15(5-9-20)18-12-19-16(14)13-2-6-17-7-3-13/h2-3,6-7,12H,4-5,8-11H2,1H3. The average molecular weight is 284 g/mol. The van der Waals surface area contributed by atoms with Crippen LogP contribution in [-0.4, -0.2) is 53.2 Å². The van der Waals surface area contributed by atoms with Gasteiger partial charge < -0.3 is 9.64 Å². The summed E-state index contributed by atoms with van der Waals surface area (Å²) in [5.41, 5.74) is 4.63. The van der Waals surface area contributed by atoms with E-state index < -0.39 is 0 Å². The summed E-state index contributed by atoms with van der Waals surface area (Å²) in [4.78, 5) is 15.5. The van der Waals surface area contributed by atoms with Gasteiger partial charge in [-0.15, -0.1) is 0 Å². The van der Waals surface area contributed by atoms with Crippen LogP contribution in [0, 0.1) is 0 Å². The van der Waals surface area contributed by atoms with Gasteiger partial charge >= 0.3 is 0 Å². The van der Waals surface area contributed by atoms with Gasteiger partial charge in [0.05, 0.1) is 12.3 Å². The maximum Gasteiger partial charge on any atom is 0.116 e. The number of methoxy groups -OCH3 is 1. The van der Waals surface area contributed by atoms with Gasteiger partial charge in [-0.05, 0) is 18.6 Å². The molecule has 0 amide bonds. The SMILES string of the molecule is COCCN1CCc2ncnc(-c3ccncc3)c2CC1. The smallest absolute Gasteiger partial charge is 0.116 e. The summed E-state index contributed by atoms with van der Waals surface area (Å²) in [6.45, 7) is 3.81. The van der Waals surface area contributed by atoms with Gasteiger partial charge in [0.15, 0.2) is 0 Å². The first kappa shape index (κ1) is 14.1. The molecule has 0 unspecified atom stereocenters. The highest BCUT2D eigenvalue weighted by Crippen LogP contribution is 2.25. The van der Waals surface area contributed by atoms with E-state index in [4.69, 9.17) is 4.74 Å². The lowest BCUT2D eigenvalue weighted by Gasteiger charge is -2.18. The van der Waals surface area contributed by atoms with E-state index in [0.717, 1.165) is 50.3 Å². The van der Waals surface area contributed by atoms with Crippen LogP contribution >= 0.6 is 0 Å². The topological polar surface area (TPSA) is 51.1 Å². The summed E-state index contributed by atoms with van der Waals surface area (Å²) >= 11 is 0. The molecule has 0 aromatic carbocycles. The number of rotatable bonds is 4. The van der Waals surface area contributed by atoms with Gasteiger partial charge in [-0.1, -0.05) is 0 Å². The van der Waals surface area contributed by atoms with Crippen LogP contribution in [0.3, 0.4) is 0 Å². The van der Waals surface area contributed by atoms with Gasteiger partial charge in [0.1, 0.15) is 6.33 Å². The third-order valence-corrected chi connectivity index (χ3v) is 3.94. The van der Waals surface area contributed by atoms with Crippen molar-refractivity contribution in [2.45, 2.75) is 12.8 Å². The number of hydrogen-bond acceptors (Lipinski definition) is 5. The Kier molecular flexibility index (Phi) is 4.52. The maximum absolute atomic E-state index is 5.18. The van der Waals surface area contributed by atoms with Crippen molar-refractivity contribution in [2.24, 2.45) is 0 Å². The van der Waals surface area contributed by atoms with Crippen molar-refractivity contribution < 1.29 is 4.74 Å². The lowest BCUT2D eigenvalue weighted by Crippen LogP contribution is -2.29. The second-order valence-electron chi connectivity index (χ2n) is 5.22. The molecule has 0 fully saturated rings. The molecule has 2 aromatic heterocycles. The number of nitrogens with zero attached hydrogens (tertiary/aromatic N) is 4. The van der Waals surface area contributed by atoms with Crippen molar-refractivity contribution in [2.75, 3.05) is 33.4 Å². The molecule has 3 rings (SSSR count). The van der Waals surface area contributed by atoms with Gasteiger partial charge in [0.2, 0.25) is 0 Å². The lowest BCUT2D eigenvalue weighted by molar-refractivity contribution is 0.150. The van der Waals surface area contributed by atoms with Crippen molar-refractivity contribution in [1.82, 2.24) is 19.9 Å². The van der Waals surface area contributed by atoms with Crippen molar-refractivity contribution >= 4 is 0 Å². The summed E-state index contributed by atoms with van der Waals surface area (Å²) in [5.74, 6) is 0. The van der Waals surface area contributed by atoms with Gasteiger partial charge in [0.25, 0.3) is 0 Å². The van der Waals surface area contributed by atoms with Crippen LogP contribution in [0.25, 0.3) is 11.3 Å². The molecule has 0 saturated carbocycles.